The van der Waals surface area contributed by atoms with Crippen LogP contribution in [0.1, 0.15) is 22.3 Å². The molecule has 2 aliphatic rings. The molecule has 0 aliphatic heterocycles. The van der Waals surface area contributed by atoms with E-state index < -0.39 is 5.41 Å². The Bertz CT molecular complexity index is 2940. The molecule has 0 N–H and O–H groups in total. The van der Waals surface area contributed by atoms with Crippen LogP contribution in [-0.2, 0) is 5.41 Å². The first kappa shape index (κ1) is 27.2. The summed E-state index contributed by atoms with van der Waals surface area (Å²) in [5.74, 6) is 0. The van der Waals surface area contributed by atoms with Crippen molar-refractivity contribution in [3.05, 3.63) is 204 Å². The average Bonchev–Trinajstić information content (AvgIpc) is 3.91. The average molecular weight is 647 g/mol. The van der Waals surface area contributed by atoms with E-state index in [1.807, 2.05) is 0 Å². The molecular weight excluding hydrogens is 617 g/mol. The highest BCUT2D eigenvalue weighted by atomic mass is 15.1. The van der Waals surface area contributed by atoms with Gasteiger partial charge in [-0.15, -0.1) is 0 Å². The second-order valence-electron chi connectivity index (χ2n) is 14.0. The van der Waals surface area contributed by atoms with E-state index >= 15 is 0 Å². The summed E-state index contributed by atoms with van der Waals surface area (Å²) in [5.41, 5.74) is 17.5. The van der Waals surface area contributed by atoms with Crippen LogP contribution in [-0.4, -0.2) is 4.40 Å². The summed E-state index contributed by atoms with van der Waals surface area (Å²) in [6.45, 7) is 0. The van der Waals surface area contributed by atoms with E-state index in [0.717, 1.165) is 11.4 Å². The first-order chi connectivity index (χ1) is 25.4. The number of para-hydroxylation sites is 4. The van der Waals surface area contributed by atoms with Crippen molar-refractivity contribution in [3.63, 3.8) is 0 Å². The number of hydrogen-bond donors (Lipinski definition) is 0. The number of rotatable bonds is 3. The molecule has 0 atom stereocenters. The second-order valence-corrected chi connectivity index (χ2v) is 14.0. The minimum atomic E-state index is -0.473. The molecule has 0 radical (unpaired) electrons. The lowest BCUT2D eigenvalue weighted by Gasteiger charge is -2.32. The summed E-state index contributed by atoms with van der Waals surface area (Å²) in [7, 11) is 0. The van der Waals surface area contributed by atoms with Gasteiger partial charge in [-0.05, 0) is 75.3 Å². The number of nitrogens with zero attached hydrogens (tertiary/aromatic N) is 2. The van der Waals surface area contributed by atoms with E-state index in [-0.39, 0.29) is 0 Å². The highest BCUT2D eigenvalue weighted by Crippen LogP contribution is 2.65. The van der Waals surface area contributed by atoms with Crippen LogP contribution >= 0.6 is 0 Å². The van der Waals surface area contributed by atoms with Crippen LogP contribution in [0.4, 0.5) is 17.1 Å². The third-order valence-corrected chi connectivity index (χ3v) is 11.7. The number of anilines is 3. The second kappa shape index (κ2) is 9.74. The molecule has 0 bridgehead atoms. The van der Waals surface area contributed by atoms with Gasteiger partial charge in [-0.1, -0.05) is 146 Å². The van der Waals surface area contributed by atoms with Gasteiger partial charge >= 0.3 is 0 Å². The maximum atomic E-state index is 2.59. The molecule has 2 nitrogen and oxygen atoms in total. The van der Waals surface area contributed by atoms with Gasteiger partial charge in [0.2, 0.25) is 0 Å². The third-order valence-electron chi connectivity index (χ3n) is 11.7. The SMILES string of the molecule is c1ccc(N(c2ccccc2)c2cc3c(c4c2c2cccc5c6ccccc6n4c52)-c2ccccc2C32c3ccccc3-c3ccccc32)cc1. The highest BCUT2D eigenvalue weighted by molar-refractivity contribution is 6.29. The molecule has 0 amide bonds. The third kappa shape index (κ3) is 3.24. The van der Waals surface area contributed by atoms with Gasteiger partial charge in [0.25, 0.3) is 0 Å². The normalized spacial score (nSPS) is 13.6. The monoisotopic (exact) mass is 646 g/mol. The van der Waals surface area contributed by atoms with Gasteiger partial charge in [0.1, 0.15) is 0 Å². The predicted molar refractivity (Wildman–Crippen MR) is 212 cm³/mol. The minimum absolute atomic E-state index is 0.473. The van der Waals surface area contributed by atoms with Crippen molar-refractivity contribution in [2.24, 2.45) is 0 Å². The maximum absolute atomic E-state index is 2.59. The topological polar surface area (TPSA) is 7.65 Å². The van der Waals surface area contributed by atoms with Crippen LogP contribution in [0.25, 0.3) is 60.3 Å². The molecule has 0 saturated heterocycles. The molecule has 51 heavy (non-hydrogen) atoms. The minimum Gasteiger partial charge on any atom is -0.310 e. The molecule has 2 aliphatic carbocycles. The van der Waals surface area contributed by atoms with Crippen molar-refractivity contribution in [2.75, 3.05) is 4.90 Å². The highest BCUT2D eigenvalue weighted by Gasteiger charge is 2.53. The van der Waals surface area contributed by atoms with E-state index in [1.54, 1.807) is 0 Å². The molecule has 2 heteroatoms. The van der Waals surface area contributed by atoms with Crippen molar-refractivity contribution in [1.29, 1.82) is 0 Å². The van der Waals surface area contributed by atoms with Crippen LogP contribution in [0.3, 0.4) is 0 Å². The quantitative estimate of drug-likeness (QED) is 0.185. The lowest BCUT2D eigenvalue weighted by atomic mass is 9.70. The van der Waals surface area contributed by atoms with Crippen molar-refractivity contribution in [2.45, 2.75) is 5.41 Å². The summed E-state index contributed by atoms with van der Waals surface area (Å²) < 4.78 is 2.59. The predicted octanol–water partition coefficient (Wildman–Crippen LogP) is 12.6. The lowest BCUT2D eigenvalue weighted by Crippen LogP contribution is -2.26. The summed E-state index contributed by atoms with van der Waals surface area (Å²) in [4.78, 5) is 2.48. The summed E-state index contributed by atoms with van der Waals surface area (Å²) >= 11 is 0. The van der Waals surface area contributed by atoms with Crippen molar-refractivity contribution in [1.82, 2.24) is 4.40 Å². The smallest absolute Gasteiger partial charge is 0.0727 e. The molecular formula is C49H30N2. The van der Waals surface area contributed by atoms with Crippen molar-refractivity contribution >= 4 is 55.2 Å². The zero-order valence-corrected chi connectivity index (χ0v) is 27.7. The lowest BCUT2D eigenvalue weighted by molar-refractivity contribution is 0.794. The molecule has 0 saturated carbocycles. The van der Waals surface area contributed by atoms with E-state index in [0.29, 0.717) is 0 Å². The molecule has 0 unspecified atom stereocenters. The van der Waals surface area contributed by atoms with Crippen LogP contribution in [0.15, 0.2) is 182 Å². The van der Waals surface area contributed by atoms with Gasteiger partial charge in [0, 0.05) is 38.5 Å². The molecule has 236 valence electrons. The molecule has 2 aromatic heterocycles. The fourth-order valence-electron chi connectivity index (χ4n) is 9.91. The Labute approximate surface area is 295 Å². The van der Waals surface area contributed by atoms with Gasteiger partial charge in [-0.2, -0.15) is 0 Å². The summed E-state index contributed by atoms with van der Waals surface area (Å²) in [6.07, 6.45) is 0. The number of fused-ring (bicyclic) bond motifs is 17. The zero-order valence-electron chi connectivity index (χ0n) is 27.7. The number of benzene rings is 8. The van der Waals surface area contributed by atoms with E-state index in [9.17, 15) is 0 Å². The van der Waals surface area contributed by atoms with Gasteiger partial charge < -0.3 is 9.30 Å². The molecule has 8 aromatic carbocycles. The Morgan fingerprint density at radius 2 is 0.902 bits per heavy atom. The van der Waals surface area contributed by atoms with Gasteiger partial charge in [-0.3, -0.25) is 0 Å². The van der Waals surface area contributed by atoms with Crippen LogP contribution in [0.2, 0.25) is 0 Å². The largest absolute Gasteiger partial charge is 0.310 e. The Balaban J connectivity index is 1.37. The molecule has 10 aromatic rings. The van der Waals surface area contributed by atoms with Gasteiger partial charge in [0.15, 0.2) is 0 Å². The fraction of sp³-hybridized carbons (Fsp3) is 0.0204. The fourth-order valence-corrected chi connectivity index (χ4v) is 9.91. The standard InChI is InChI=1S/C49H30N2/c1-3-16-31(17-4-1)50(32-18-5-2-6-19-32)44-30-42-45(48-46(44)38-25-15-24-36-35-22-10-14-29-43(35)51(48)47(36)38)37-23-9-13-28-41(37)49(42)39-26-11-7-20-33(39)34-21-8-12-27-40(34)49/h1-30H. The Hall–Kier alpha value is -6.64. The van der Waals surface area contributed by atoms with Crippen LogP contribution in [0.5, 0.6) is 0 Å². The maximum Gasteiger partial charge on any atom is 0.0727 e. The van der Waals surface area contributed by atoms with E-state index in [4.69, 9.17) is 0 Å². The Morgan fingerprint density at radius 1 is 0.392 bits per heavy atom. The number of hydrogen-bond acceptors (Lipinski definition) is 1. The van der Waals surface area contributed by atoms with E-state index in [1.165, 1.54) is 88.3 Å². The van der Waals surface area contributed by atoms with Crippen molar-refractivity contribution < 1.29 is 0 Å². The van der Waals surface area contributed by atoms with Gasteiger partial charge in [0.05, 0.1) is 27.7 Å². The van der Waals surface area contributed by atoms with Crippen LogP contribution < -0.4 is 4.90 Å². The zero-order chi connectivity index (χ0) is 33.3. The molecule has 2 heterocycles. The van der Waals surface area contributed by atoms with Crippen molar-refractivity contribution in [3.8, 4) is 22.3 Å². The van der Waals surface area contributed by atoms with E-state index in [2.05, 4.69) is 191 Å². The first-order valence-electron chi connectivity index (χ1n) is 17.8. The number of aromatic nitrogens is 1. The molecule has 1 spiro atoms. The first-order valence-corrected chi connectivity index (χ1v) is 17.8. The van der Waals surface area contributed by atoms with Crippen LogP contribution in [0, 0.1) is 0 Å². The molecule has 0 fully saturated rings. The van der Waals surface area contributed by atoms with Gasteiger partial charge in [-0.25, -0.2) is 0 Å². The summed E-state index contributed by atoms with van der Waals surface area (Å²) in [5, 5.41) is 5.14. The Morgan fingerprint density at radius 3 is 1.57 bits per heavy atom. The Kier molecular flexibility index (Phi) is 5.20. The summed E-state index contributed by atoms with van der Waals surface area (Å²) in [6, 6.07) is 67.6. The molecule has 12 rings (SSSR count).